The van der Waals surface area contributed by atoms with Crippen LogP contribution in [-0.2, 0) is 4.79 Å². The van der Waals surface area contributed by atoms with Crippen LogP contribution in [0.1, 0.15) is 20.3 Å². The molecule has 0 bridgehead atoms. The van der Waals surface area contributed by atoms with Gasteiger partial charge in [0.05, 0.1) is 0 Å². The van der Waals surface area contributed by atoms with Crippen molar-refractivity contribution in [2.45, 2.75) is 20.3 Å². The zero-order valence-corrected chi connectivity index (χ0v) is 8.36. The highest BCUT2D eigenvalue weighted by Gasteiger charge is 2.09. The van der Waals surface area contributed by atoms with Crippen molar-refractivity contribution in [3.05, 3.63) is 24.3 Å². The Bertz CT molecular complexity index is 318. The van der Waals surface area contributed by atoms with E-state index >= 15 is 0 Å². The zero-order valence-electron chi connectivity index (χ0n) is 8.36. The summed E-state index contributed by atoms with van der Waals surface area (Å²) in [5.74, 6) is 0.151. The van der Waals surface area contributed by atoms with Gasteiger partial charge in [0.15, 0.2) is 11.5 Å². The molecular formula is C11H14O3. The van der Waals surface area contributed by atoms with E-state index in [0.29, 0.717) is 6.42 Å². The first-order valence-electron chi connectivity index (χ1n) is 4.58. The van der Waals surface area contributed by atoms with Gasteiger partial charge in [-0.15, -0.1) is 0 Å². The molecule has 0 saturated heterocycles. The van der Waals surface area contributed by atoms with E-state index in [0.717, 1.165) is 0 Å². The number of ether oxygens (including phenoxy) is 1. The van der Waals surface area contributed by atoms with Gasteiger partial charge < -0.3 is 9.84 Å². The molecule has 0 amide bonds. The number of hydrogen-bond donors (Lipinski definition) is 1. The molecule has 0 spiro atoms. The summed E-state index contributed by atoms with van der Waals surface area (Å²) in [4.78, 5) is 11.2. The van der Waals surface area contributed by atoms with Gasteiger partial charge in [-0.25, -0.2) is 0 Å². The highest BCUT2D eigenvalue weighted by Crippen LogP contribution is 2.24. The summed E-state index contributed by atoms with van der Waals surface area (Å²) >= 11 is 0. The number of rotatable bonds is 3. The first-order chi connectivity index (χ1) is 6.59. The molecule has 0 heterocycles. The summed E-state index contributed by atoms with van der Waals surface area (Å²) in [6.07, 6.45) is 0.355. The van der Waals surface area contributed by atoms with Gasteiger partial charge >= 0.3 is 5.97 Å². The topological polar surface area (TPSA) is 46.5 Å². The fourth-order valence-electron chi connectivity index (χ4n) is 1.04. The lowest BCUT2D eigenvalue weighted by Gasteiger charge is -2.06. The number of carbonyl (C=O) groups excluding carboxylic acids is 1. The number of hydrogen-bond acceptors (Lipinski definition) is 3. The van der Waals surface area contributed by atoms with Gasteiger partial charge in [-0.05, 0) is 18.1 Å². The summed E-state index contributed by atoms with van der Waals surface area (Å²) in [6, 6.07) is 6.43. The standard InChI is InChI=1S/C11H14O3/c1-8(2)7-11(13)14-10-6-4-3-5-9(10)12/h3-6,8,12H,7H2,1-2H3. The summed E-state index contributed by atoms with van der Waals surface area (Å²) in [5.41, 5.74) is 0. The Balaban J connectivity index is 2.61. The molecule has 1 N–H and O–H groups in total. The minimum Gasteiger partial charge on any atom is -0.504 e. The van der Waals surface area contributed by atoms with E-state index < -0.39 is 0 Å². The smallest absolute Gasteiger partial charge is 0.311 e. The second-order valence-electron chi connectivity index (χ2n) is 3.54. The lowest BCUT2D eigenvalue weighted by atomic mass is 10.1. The van der Waals surface area contributed by atoms with Crippen LogP contribution in [0.4, 0.5) is 0 Å². The van der Waals surface area contributed by atoms with Gasteiger partial charge in [-0.3, -0.25) is 4.79 Å². The first kappa shape index (κ1) is 10.6. The van der Waals surface area contributed by atoms with Crippen LogP contribution in [0.15, 0.2) is 24.3 Å². The van der Waals surface area contributed by atoms with Crippen LogP contribution in [0.3, 0.4) is 0 Å². The molecule has 0 aliphatic carbocycles. The molecule has 0 aliphatic heterocycles. The maximum absolute atomic E-state index is 11.2. The van der Waals surface area contributed by atoms with E-state index in [2.05, 4.69) is 0 Å². The largest absolute Gasteiger partial charge is 0.504 e. The minimum atomic E-state index is -0.318. The number of benzene rings is 1. The van der Waals surface area contributed by atoms with Gasteiger partial charge in [0.2, 0.25) is 0 Å². The van der Waals surface area contributed by atoms with E-state index in [9.17, 15) is 9.90 Å². The molecule has 1 aromatic rings. The predicted octanol–water partition coefficient (Wildman–Crippen LogP) is 2.34. The normalized spacial score (nSPS) is 10.2. The first-order valence-corrected chi connectivity index (χ1v) is 4.58. The van der Waals surface area contributed by atoms with Crippen molar-refractivity contribution in [1.82, 2.24) is 0 Å². The van der Waals surface area contributed by atoms with Crippen LogP contribution in [0.25, 0.3) is 0 Å². The second-order valence-corrected chi connectivity index (χ2v) is 3.54. The number of para-hydroxylation sites is 2. The molecule has 0 unspecified atom stereocenters. The molecule has 3 nitrogen and oxygen atoms in total. The predicted molar refractivity (Wildman–Crippen MR) is 53.2 cm³/mol. The fraction of sp³-hybridized carbons (Fsp3) is 0.364. The lowest BCUT2D eigenvalue weighted by Crippen LogP contribution is -2.10. The van der Waals surface area contributed by atoms with Crippen molar-refractivity contribution in [1.29, 1.82) is 0 Å². The lowest BCUT2D eigenvalue weighted by molar-refractivity contribution is -0.135. The molecule has 0 radical (unpaired) electrons. The van der Waals surface area contributed by atoms with Gasteiger partial charge in [-0.2, -0.15) is 0 Å². The molecule has 0 atom stereocenters. The average molecular weight is 194 g/mol. The Kier molecular flexibility index (Phi) is 3.51. The van der Waals surface area contributed by atoms with Crippen molar-refractivity contribution in [3.8, 4) is 11.5 Å². The molecule has 0 saturated carbocycles. The number of aromatic hydroxyl groups is 1. The molecule has 0 fully saturated rings. The Morgan fingerprint density at radius 1 is 1.43 bits per heavy atom. The monoisotopic (exact) mass is 194 g/mol. The number of phenolic OH excluding ortho intramolecular Hbond substituents is 1. The van der Waals surface area contributed by atoms with E-state index in [1.807, 2.05) is 13.8 Å². The van der Waals surface area contributed by atoms with Crippen LogP contribution >= 0.6 is 0 Å². The van der Waals surface area contributed by atoms with Crippen LogP contribution < -0.4 is 4.74 Å². The van der Waals surface area contributed by atoms with Crippen molar-refractivity contribution in [2.75, 3.05) is 0 Å². The summed E-state index contributed by atoms with van der Waals surface area (Å²) in [7, 11) is 0. The third-order valence-electron chi connectivity index (χ3n) is 1.66. The van der Waals surface area contributed by atoms with Crippen molar-refractivity contribution >= 4 is 5.97 Å². The fourth-order valence-corrected chi connectivity index (χ4v) is 1.04. The zero-order chi connectivity index (χ0) is 10.6. The minimum absolute atomic E-state index is 0.00962. The molecule has 1 rings (SSSR count). The maximum Gasteiger partial charge on any atom is 0.311 e. The van der Waals surface area contributed by atoms with Gasteiger partial charge in [-0.1, -0.05) is 26.0 Å². The quantitative estimate of drug-likeness (QED) is 0.593. The molecule has 76 valence electrons. The molecule has 1 aromatic carbocycles. The third kappa shape index (κ3) is 3.09. The average Bonchev–Trinajstić information content (AvgIpc) is 2.07. The van der Waals surface area contributed by atoms with Gasteiger partial charge in [0.25, 0.3) is 0 Å². The Morgan fingerprint density at radius 2 is 2.07 bits per heavy atom. The van der Waals surface area contributed by atoms with E-state index in [1.54, 1.807) is 18.2 Å². The van der Waals surface area contributed by atoms with E-state index in [-0.39, 0.29) is 23.4 Å². The molecule has 0 aliphatic rings. The van der Waals surface area contributed by atoms with Crippen molar-refractivity contribution in [2.24, 2.45) is 5.92 Å². The van der Waals surface area contributed by atoms with E-state index in [1.165, 1.54) is 6.07 Å². The van der Waals surface area contributed by atoms with Crippen LogP contribution in [0.2, 0.25) is 0 Å². The third-order valence-corrected chi connectivity index (χ3v) is 1.66. The summed E-state index contributed by atoms with van der Waals surface area (Å²) in [5, 5.41) is 9.32. The number of phenols is 1. The number of carbonyl (C=O) groups is 1. The van der Waals surface area contributed by atoms with Gasteiger partial charge in [0, 0.05) is 6.42 Å². The number of esters is 1. The van der Waals surface area contributed by atoms with Crippen LogP contribution in [0, 0.1) is 5.92 Å². The SMILES string of the molecule is CC(C)CC(=O)Oc1ccccc1O. The van der Waals surface area contributed by atoms with Crippen LogP contribution in [0.5, 0.6) is 11.5 Å². The molecular weight excluding hydrogens is 180 g/mol. The van der Waals surface area contributed by atoms with Crippen LogP contribution in [-0.4, -0.2) is 11.1 Å². The molecule has 0 aromatic heterocycles. The Labute approximate surface area is 83.3 Å². The highest BCUT2D eigenvalue weighted by molar-refractivity contribution is 5.73. The second kappa shape index (κ2) is 4.65. The van der Waals surface area contributed by atoms with Crippen molar-refractivity contribution in [3.63, 3.8) is 0 Å². The molecule has 3 heteroatoms. The summed E-state index contributed by atoms with van der Waals surface area (Å²) < 4.78 is 4.97. The Hall–Kier alpha value is -1.51. The van der Waals surface area contributed by atoms with Gasteiger partial charge in [0.1, 0.15) is 0 Å². The van der Waals surface area contributed by atoms with E-state index in [4.69, 9.17) is 4.74 Å². The maximum atomic E-state index is 11.2. The summed E-state index contributed by atoms with van der Waals surface area (Å²) in [6.45, 7) is 3.87. The molecule has 14 heavy (non-hydrogen) atoms. The Morgan fingerprint density at radius 3 is 2.64 bits per heavy atom. The van der Waals surface area contributed by atoms with Crippen molar-refractivity contribution < 1.29 is 14.6 Å². The highest BCUT2D eigenvalue weighted by atomic mass is 16.5.